The second-order valence-corrected chi connectivity index (χ2v) is 3.55. The first-order valence-corrected chi connectivity index (χ1v) is 4.45. The van der Waals surface area contributed by atoms with E-state index in [4.69, 9.17) is 0 Å². The number of hydrogen-bond donors (Lipinski definition) is 0. The lowest BCUT2D eigenvalue weighted by Gasteiger charge is -2.27. The Labute approximate surface area is 64.3 Å². The number of rotatable bonds is 2. The van der Waals surface area contributed by atoms with Gasteiger partial charge in [-0.2, -0.15) is 0 Å². The van der Waals surface area contributed by atoms with Crippen molar-refractivity contribution in [2.45, 2.75) is 39.0 Å². The normalized spacial score (nSPS) is 33.7. The lowest BCUT2D eigenvalue weighted by molar-refractivity contribution is 0.258. The van der Waals surface area contributed by atoms with Crippen molar-refractivity contribution in [2.75, 3.05) is 0 Å². The smallest absolute Gasteiger partial charge is 0.0322 e. The fourth-order valence-electron chi connectivity index (χ4n) is 1.96. The summed E-state index contributed by atoms with van der Waals surface area (Å²) in [4.78, 5) is 0. The molecule has 58 valence electrons. The van der Waals surface area contributed by atoms with E-state index < -0.39 is 0 Å². The van der Waals surface area contributed by atoms with E-state index in [1.54, 1.807) is 0 Å². The van der Waals surface area contributed by atoms with E-state index in [-0.39, 0.29) is 0 Å². The van der Waals surface area contributed by atoms with E-state index in [2.05, 4.69) is 19.6 Å². The second kappa shape index (κ2) is 3.80. The summed E-state index contributed by atoms with van der Waals surface area (Å²) in [6.07, 6.45) is 9.09. The minimum atomic E-state index is 0.950. The highest BCUT2D eigenvalue weighted by molar-refractivity contribution is 4.79. The van der Waals surface area contributed by atoms with Crippen LogP contribution in [0.5, 0.6) is 0 Å². The first-order chi connectivity index (χ1) is 4.84. The SMILES string of the molecule is C=CC[C@@H]1CCCC[C@H]1C. The molecule has 0 bridgehead atoms. The molecule has 1 fully saturated rings. The van der Waals surface area contributed by atoms with E-state index in [1.807, 2.05) is 0 Å². The molecule has 0 heteroatoms. The van der Waals surface area contributed by atoms with Gasteiger partial charge in [0.1, 0.15) is 0 Å². The molecule has 0 aromatic heterocycles. The summed E-state index contributed by atoms with van der Waals surface area (Å²) in [5.41, 5.74) is 0. The zero-order chi connectivity index (χ0) is 7.40. The molecule has 0 saturated heterocycles. The molecular formula is C10H18. The van der Waals surface area contributed by atoms with Gasteiger partial charge < -0.3 is 0 Å². The van der Waals surface area contributed by atoms with E-state index >= 15 is 0 Å². The molecule has 0 heterocycles. The van der Waals surface area contributed by atoms with Crippen LogP contribution in [-0.2, 0) is 0 Å². The minimum absolute atomic E-state index is 0.950. The van der Waals surface area contributed by atoms with Crippen molar-refractivity contribution in [3.05, 3.63) is 12.7 Å². The molecule has 0 spiro atoms. The van der Waals surface area contributed by atoms with Crippen LogP contribution >= 0.6 is 0 Å². The number of allylic oxidation sites excluding steroid dienone is 1. The topological polar surface area (TPSA) is 0 Å². The van der Waals surface area contributed by atoms with Crippen molar-refractivity contribution < 1.29 is 0 Å². The Morgan fingerprint density at radius 3 is 2.70 bits per heavy atom. The van der Waals surface area contributed by atoms with Gasteiger partial charge >= 0.3 is 0 Å². The van der Waals surface area contributed by atoms with Gasteiger partial charge in [-0.05, 0) is 24.7 Å². The molecule has 0 aromatic rings. The molecule has 1 saturated carbocycles. The molecule has 1 rings (SSSR count). The quantitative estimate of drug-likeness (QED) is 0.513. The van der Waals surface area contributed by atoms with Gasteiger partial charge in [0.15, 0.2) is 0 Å². The lowest BCUT2D eigenvalue weighted by atomic mass is 9.79. The van der Waals surface area contributed by atoms with E-state index in [9.17, 15) is 0 Å². The van der Waals surface area contributed by atoms with Gasteiger partial charge in [0.2, 0.25) is 0 Å². The Bertz CT molecular complexity index is 105. The maximum atomic E-state index is 3.79. The van der Waals surface area contributed by atoms with Crippen molar-refractivity contribution in [1.29, 1.82) is 0 Å². The average Bonchev–Trinajstić information content (AvgIpc) is 1.94. The summed E-state index contributed by atoms with van der Waals surface area (Å²) >= 11 is 0. The summed E-state index contributed by atoms with van der Waals surface area (Å²) in [7, 11) is 0. The summed E-state index contributed by atoms with van der Waals surface area (Å²) in [6.45, 7) is 6.17. The molecule has 0 N–H and O–H groups in total. The van der Waals surface area contributed by atoms with E-state index in [0.29, 0.717) is 0 Å². The van der Waals surface area contributed by atoms with Crippen LogP contribution in [-0.4, -0.2) is 0 Å². The van der Waals surface area contributed by atoms with E-state index in [0.717, 1.165) is 11.8 Å². The van der Waals surface area contributed by atoms with Gasteiger partial charge in [-0.3, -0.25) is 0 Å². The fourth-order valence-corrected chi connectivity index (χ4v) is 1.96. The molecule has 0 aromatic carbocycles. The molecule has 0 aliphatic heterocycles. The van der Waals surface area contributed by atoms with Crippen molar-refractivity contribution >= 4 is 0 Å². The first-order valence-electron chi connectivity index (χ1n) is 4.45. The first kappa shape index (κ1) is 7.84. The van der Waals surface area contributed by atoms with Crippen molar-refractivity contribution in [2.24, 2.45) is 11.8 Å². The fraction of sp³-hybridized carbons (Fsp3) is 0.800. The third-order valence-corrected chi connectivity index (χ3v) is 2.76. The predicted molar refractivity (Wildman–Crippen MR) is 45.9 cm³/mol. The van der Waals surface area contributed by atoms with Crippen molar-refractivity contribution in [1.82, 2.24) is 0 Å². The van der Waals surface area contributed by atoms with Gasteiger partial charge in [-0.25, -0.2) is 0 Å². The number of hydrogen-bond acceptors (Lipinski definition) is 0. The summed E-state index contributed by atoms with van der Waals surface area (Å²) in [5.74, 6) is 1.90. The monoisotopic (exact) mass is 138 g/mol. The molecule has 0 unspecified atom stereocenters. The zero-order valence-corrected chi connectivity index (χ0v) is 6.97. The predicted octanol–water partition coefficient (Wildman–Crippen LogP) is 3.39. The molecule has 2 atom stereocenters. The Hall–Kier alpha value is -0.260. The van der Waals surface area contributed by atoms with Crippen LogP contribution in [0.25, 0.3) is 0 Å². The Balaban J connectivity index is 2.32. The molecule has 0 amide bonds. The maximum Gasteiger partial charge on any atom is -0.0322 e. The lowest BCUT2D eigenvalue weighted by Crippen LogP contribution is -2.15. The van der Waals surface area contributed by atoms with Crippen LogP contribution in [0.4, 0.5) is 0 Å². The molecule has 1 aliphatic carbocycles. The van der Waals surface area contributed by atoms with Crippen molar-refractivity contribution in [3.63, 3.8) is 0 Å². The minimum Gasteiger partial charge on any atom is -0.103 e. The van der Waals surface area contributed by atoms with Crippen LogP contribution in [0, 0.1) is 11.8 Å². The van der Waals surface area contributed by atoms with Gasteiger partial charge in [0.05, 0.1) is 0 Å². The molecule has 10 heavy (non-hydrogen) atoms. The van der Waals surface area contributed by atoms with E-state index in [1.165, 1.54) is 32.1 Å². The molecule has 1 aliphatic rings. The highest BCUT2D eigenvalue weighted by atomic mass is 14.2. The van der Waals surface area contributed by atoms with Crippen LogP contribution in [0.15, 0.2) is 12.7 Å². The summed E-state index contributed by atoms with van der Waals surface area (Å²) in [6, 6.07) is 0. The van der Waals surface area contributed by atoms with Crippen LogP contribution in [0.1, 0.15) is 39.0 Å². The Kier molecular flexibility index (Phi) is 2.98. The van der Waals surface area contributed by atoms with Crippen LogP contribution < -0.4 is 0 Å². The summed E-state index contributed by atoms with van der Waals surface area (Å²) < 4.78 is 0. The third kappa shape index (κ3) is 1.86. The Morgan fingerprint density at radius 1 is 1.40 bits per heavy atom. The average molecular weight is 138 g/mol. The van der Waals surface area contributed by atoms with Crippen LogP contribution in [0.2, 0.25) is 0 Å². The highest BCUT2D eigenvalue weighted by Gasteiger charge is 2.19. The highest BCUT2D eigenvalue weighted by Crippen LogP contribution is 2.31. The summed E-state index contributed by atoms with van der Waals surface area (Å²) in [5, 5.41) is 0. The maximum absolute atomic E-state index is 3.79. The largest absolute Gasteiger partial charge is 0.103 e. The zero-order valence-electron chi connectivity index (χ0n) is 6.97. The second-order valence-electron chi connectivity index (χ2n) is 3.55. The third-order valence-electron chi connectivity index (χ3n) is 2.76. The van der Waals surface area contributed by atoms with Gasteiger partial charge in [0.25, 0.3) is 0 Å². The molecule has 0 nitrogen and oxygen atoms in total. The van der Waals surface area contributed by atoms with Gasteiger partial charge in [0, 0.05) is 0 Å². The van der Waals surface area contributed by atoms with Gasteiger partial charge in [-0.15, -0.1) is 6.58 Å². The van der Waals surface area contributed by atoms with Gasteiger partial charge in [-0.1, -0.05) is 32.3 Å². The molecule has 0 radical (unpaired) electrons. The standard InChI is InChI=1S/C10H18/c1-3-6-10-8-5-4-7-9(10)2/h3,9-10H,1,4-8H2,2H3/t9-,10-/m1/s1. The van der Waals surface area contributed by atoms with Crippen LogP contribution in [0.3, 0.4) is 0 Å². The molecular weight excluding hydrogens is 120 g/mol. The Morgan fingerprint density at radius 2 is 2.10 bits per heavy atom. The van der Waals surface area contributed by atoms with Crippen molar-refractivity contribution in [3.8, 4) is 0 Å².